The Bertz CT molecular complexity index is 1760. The minimum Gasteiger partial charge on any atom is -0.479 e. The molecule has 0 heterocycles. The number of nitrogens with one attached hydrogen (secondary N) is 2. The average Bonchev–Trinajstić information content (AvgIpc) is 3.41. The minimum absolute atomic E-state index is 0.0533. The number of Topliss-reactive ketones (excluding diaryl/α,β-unsaturated/α-hetero) is 5. The van der Waals surface area contributed by atoms with Crippen molar-refractivity contribution in [2.75, 3.05) is 52.9 Å². The largest absolute Gasteiger partial charge is 0.479 e. The van der Waals surface area contributed by atoms with Crippen LogP contribution in [0, 0.1) is 29.6 Å². The maximum Gasteiger partial charge on any atom is 0.335 e. The molecule has 0 radical (unpaired) electrons. The van der Waals surface area contributed by atoms with Gasteiger partial charge in [-0.3, -0.25) is 33.6 Å². The third-order valence-electron chi connectivity index (χ3n) is 14.4. The lowest BCUT2D eigenvalue weighted by Gasteiger charge is -2.25. The summed E-state index contributed by atoms with van der Waals surface area (Å²) in [6, 6.07) is -1.93. The zero-order valence-electron chi connectivity index (χ0n) is 46.5. The van der Waals surface area contributed by atoms with Gasteiger partial charge in [0.2, 0.25) is 5.91 Å². The average molecular weight is 1120 g/mol. The lowest BCUT2D eigenvalue weighted by Crippen LogP contribution is -2.52. The van der Waals surface area contributed by atoms with Gasteiger partial charge >= 0.3 is 11.9 Å². The first-order valence-corrected chi connectivity index (χ1v) is 28.4. The normalized spacial score (nSPS) is 15.8. The first-order valence-electron chi connectivity index (χ1n) is 28.4. The fourth-order valence-electron chi connectivity index (χ4n) is 9.36. The number of hydrogen-bond acceptors (Lipinski definition) is 21. The first kappa shape index (κ1) is 73.8. The zero-order chi connectivity index (χ0) is 59.0. The second kappa shape index (κ2) is 44.5. The van der Waals surface area contributed by atoms with Crippen LogP contribution in [-0.2, 0) is 47.9 Å². The van der Waals surface area contributed by atoms with E-state index in [2.05, 4.69) is 10.6 Å². The highest BCUT2D eigenvalue weighted by atomic mass is 16.5. The maximum atomic E-state index is 14.5. The fraction of sp³-hybridized carbons (Fsp3) is 0.833. The predicted molar refractivity (Wildman–Crippen MR) is 293 cm³/mol. The van der Waals surface area contributed by atoms with E-state index in [1.807, 2.05) is 0 Å². The summed E-state index contributed by atoms with van der Waals surface area (Å²) in [5.74, 6) is -9.67. The molecule has 78 heavy (non-hydrogen) atoms. The third-order valence-corrected chi connectivity index (χ3v) is 14.4. The number of aliphatic hydroxyl groups is 4. The van der Waals surface area contributed by atoms with Crippen LogP contribution in [0.1, 0.15) is 167 Å². The number of carbonyl (C=O) groups excluding carboxylic acids is 8. The van der Waals surface area contributed by atoms with Gasteiger partial charge in [-0.2, -0.15) is 0 Å². The highest BCUT2D eigenvalue weighted by molar-refractivity contribution is 5.96. The molecule has 0 aliphatic heterocycles. The summed E-state index contributed by atoms with van der Waals surface area (Å²) in [7, 11) is 1.23. The number of aliphatic carboxylic acids is 1. The number of carbonyl (C=O) groups is 9. The van der Waals surface area contributed by atoms with Crippen LogP contribution in [0.2, 0.25) is 0 Å². The van der Waals surface area contributed by atoms with Crippen molar-refractivity contribution in [2.45, 2.75) is 203 Å². The molecule has 0 spiro atoms. The molecule has 1 unspecified atom stereocenters. The summed E-state index contributed by atoms with van der Waals surface area (Å²) in [4.78, 5) is 121. The van der Waals surface area contributed by atoms with Gasteiger partial charge < -0.3 is 81.0 Å². The lowest BCUT2D eigenvalue weighted by atomic mass is 9.78. The molecular weight excluding hydrogens is 1010 g/mol. The lowest BCUT2D eigenvalue weighted by molar-refractivity contribution is -0.166. The molecule has 0 saturated heterocycles. The van der Waals surface area contributed by atoms with Gasteiger partial charge in [-0.15, -0.1) is 0 Å². The minimum atomic E-state index is -2.45. The van der Waals surface area contributed by atoms with E-state index >= 15 is 0 Å². The number of unbranched alkanes of at least 4 members (excludes halogenated alkanes) is 7. The molecule has 0 aromatic rings. The van der Waals surface area contributed by atoms with Crippen LogP contribution >= 0.6 is 0 Å². The summed E-state index contributed by atoms with van der Waals surface area (Å²) in [5, 5.41) is 53.1. The van der Waals surface area contributed by atoms with Crippen LogP contribution in [0.5, 0.6) is 0 Å². The second-order valence-electron chi connectivity index (χ2n) is 20.7. The molecule has 0 aliphatic carbocycles. The topological polar surface area (TPSA) is 470 Å². The van der Waals surface area contributed by atoms with Crippen molar-refractivity contribution >= 4 is 52.7 Å². The van der Waals surface area contributed by atoms with E-state index in [1.165, 1.54) is 7.11 Å². The summed E-state index contributed by atoms with van der Waals surface area (Å²) < 4.78 is 4.95. The molecule has 11 atom stereocenters. The molecule has 0 saturated carbocycles. The zero-order valence-corrected chi connectivity index (χ0v) is 46.5. The van der Waals surface area contributed by atoms with E-state index < -0.39 is 95.6 Å². The van der Waals surface area contributed by atoms with E-state index in [0.717, 1.165) is 0 Å². The Kier molecular flexibility index (Phi) is 42.1. The van der Waals surface area contributed by atoms with Crippen molar-refractivity contribution in [1.29, 1.82) is 0 Å². The number of esters is 1. The van der Waals surface area contributed by atoms with Crippen molar-refractivity contribution < 1.29 is 73.4 Å². The van der Waals surface area contributed by atoms with Gasteiger partial charge in [-0.1, -0.05) is 32.1 Å². The molecule has 0 rings (SSSR count). The Balaban J connectivity index is 6.38. The van der Waals surface area contributed by atoms with Crippen molar-refractivity contribution in [3.8, 4) is 0 Å². The van der Waals surface area contributed by atoms with Gasteiger partial charge in [0.15, 0.2) is 12.2 Å². The maximum absolute atomic E-state index is 14.5. The molecule has 21 N–H and O–H groups in total. The molecular formula is C54H101N9O15. The van der Waals surface area contributed by atoms with Gasteiger partial charge in [0.05, 0.1) is 13.2 Å². The standard InChI is InChI=1S/C54H101N9O15/c1-78-54(77)41(22-7-14-28-60)63-51(73)39(20-6-13-27-59)34-45(67)37(18-4-11-25-57)32-43(65)35(16-2-9-23-55)30-42(64)36(17-3-10-24-56)31-44(66)38(19-5-12-26-58)33-46(68)40(61)21-8-15-29-62-52(74)49(71)47(69)48(70)50(72)53(75)76/h35-41,47-50,69-72H,2-34,55-61H2,1H3,(H,62,74)(H,63,73)(H,75,76)/t35-,36-,37-,38-,39-,40+,41?,47+,48-,49-,50+/m1/s1. The van der Waals surface area contributed by atoms with Gasteiger partial charge in [0.25, 0.3) is 5.91 Å². The number of ketones is 5. The monoisotopic (exact) mass is 1120 g/mol. The Morgan fingerprint density at radius 3 is 1.09 bits per heavy atom. The van der Waals surface area contributed by atoms with E-state index in [-0.39, 0.29) is 74.6 Å². The molecule has 452 valence electrons. The third kappa shape index (κ3) is 31.0. The molecule has 0 aromatic heterocycles. The highest BCUT2D eigenvalue weighted by Gasteiger charge is 2.38. The number of aliphatic hydroxyl groups excluding tert-OH is 4. The smallest absolute Gasteiger partial charge is 0.335 e. The molecule has 0 aromatic carbocycles. The van der Waals surface area contributed by atoms with Crippen LogP contribution in [-0.4, -0.2) is 168 Å². The summed E-state index contributed by atoms with van der Waals surface area (Å²) in [6.45, 7) is 2.14. The molecule has 0 aliphatic rings. The van der Waals surface area contributed by atoms with E-state index in [9.17, 15) is 63.6 Å². The van der Waals surface area contributed by atoms with Crippen LogP contribution in [0.15, 0.2) is 0 Å². The van der Waals surface area contributed by atoms with Crippen molar-refractivity contribution in [1.82, 2.24) is 10.6 Å². The molecule has 24 heteroatoms. The van der Waals surface area contributed by atoms with Crippen LogP contribution in [0.4, 0.5) is 0 Å². The van der Waals surface area contributed by atoms with Crippen LogP contribution < -0.4 is 50.8 Å². The Morgan fingerprint density at radius 2 is 0.731 bits per heavy atom. The van der Waals surface area contributed by atoms with Crippen molar-refractivity contribution in [3.05, 3.63) is 0 Å². The number of methoxy groups -OCH3 is 1. The number of hydrogen-bond donors (Lipinski definition) is 14. The number of carboxylic acid groups (broad SMARTS) is 1. The Labute approximate surface area is 461 Å². The molecule has 0 fully saturated rings. The number of nitrogens with two attached hydrogens (primary N) is 7. The fourth-order valence-corrected chi connectivity index (χ4v) is 9.36. The molecule has 2 amide bonds. The predicted octanol–water partition coefficient (Wildman–Crippen LogP) is -0.563. The van der Waals surface area contributed by atoms with Gasteiger partial charge in [0, 0.05) is 68.2 Å². The van der Waals surface area contributed by atoms with Crippen LogP contribution in [0.3, 0.4) is 0 Å². The quantitative estimate of drug-likeness (QED) is 0.0268. The Hall–Kier alpha value is -4.21. The highest BCUT2D eigenvalue weighted by Crippen LogP contribution is 2.30. The molecule has 24 nitrogen and oxygen atoms in total. The number of rotatable bonds is 52. The number of amides is 2. The summed E-state index contributed by atoms with van der Waals surface area (Å²) in [6.07, 6.45) is -0.898. The SMILES string of the molecule is COC(=O)C(CCCCN)NC(=O)[C@H](CCCCN)CC(=O)[C@H](CCCCN)CC(=O)[C@H](CCCCN)CC(=O)[C@H](CCCCN)CC(=O)[C@H](CCCCN)CC(=O)[C@@H](N)CCCCNC(=O)[C@H](O)[C@@H](O)[C@@H](O)[C@H](O)C(=O)O. The van der Waals surface area contributed by atoms with E-state index in [4.69, 9.17) is 50.0 Å². The molecule has 0 bridgehead atoms. The van der Waals surface area contributed by atoms with Gasteiger partial charge in [-0.05, 0) is 142 Å². The number of carboxylic acids is 1. The van der Waals surface area contributed by atoms with E-state index in [1.54, 1.807) is 0 Å². The van der Waals surface area contributed by atoms with E-state index in [0.29, 0.717) is 161 Å². The van der Waals surface area contributed by atoms with Crippen molar-refractivity contribution in [2.24, 2.45) is 69.7 Å². The number of ether oxygens (including phenoxy) is 1. The van der Waals surface area contributed by atoms with Crippen LogP contribution in [0.25, 0.3) is 0 Å². The van der Waals surface area contributed by atoms with Gasteiger partial charge in [0.1, 0.15) is 47.2 Å². The van der Waals surface area contributed by atoms with Gasteiger partial charge in [-0.25, -0.2) is 9.59 Å². The first-order chi connectivity index (χ1) is 37.2. The second-order valence-corrected chi connectivity index (χ2v) is 20.7. The Morgan fingerprint density at radius 1 is 0.410 bits per heavy atom. The van der Waals surface area contributed by atoms with Crippen molar-refractivity contribution in [3.63, 3.8) is 0 Å². The summed E-state index contributed by atoms with van der Waals surface area (Å²) >= 11 is 0. The summed E-state index contributed by atoms with van der Waals surface area (Å²) in [5.41, 5.74) is 41.0.